The molecular formula is C48H67N11O7. The van der Waals surface area contributed by atoms with Crippen LogP contribution >= 0.6 is 0 Å². The third-order valence-electron chi connectivity index (χ3n) is 12.9. The number of rotatable bonds is 13. The van der Waals surface area contributed by atoms with E-state index < -0.39 is 77.6 Å². The van der Waals surface area contributed by atoms with Crippen LogP contribution in [0, 0.1) is 5.92 Å². The van der Waals surface area contributed by atoms with Gasteiger partial charge >= 0.3 is 0 Å². The Labute approximate surface area is 386 Å². The number of nitrogens with one attached hydrogen (secondary N) is 7. The van der Waals surface area contributed by atoms with Crippen LogP contribution in [0.1, 0.15) is 102 Å². The van der Waals surface area contributed by atoms with E-state index in [2.05, 4.69) is 41.9 Å². The molecule has 3 fully saturated rings. The second-order valence-corrected chi connectivity index (χ2v) is 17.9. The quantitative estimate of drug-likeness (QED) is 0.0685. The van der Waals surface area contributed by atoms with Gasteiger partial charge in [0.1, 0.15) is 36.3 Å². The van der Waals surface area contributed by atoms with Gasteiger partial charge in [-0.2, -0.15) is 0 Å². The molecule has 66 heavy (non-hydrogen) atoms. The van der Waals surface area contributed by atoms with Crippen molar-refractivity contribution in [3.63, 3.8) is 0 Å². The molecule has 11 N–H and O–H groups in total. The lowest BCUT2D eigenvalue weighted by molar-refractivity contribution is -0.142. The summed E-state index contributed by atoms with van der Waals surface area (Å²) in [4.78, 5) is 107. The Bertz CT molecular complexity index is 2190. The van der Waals surface area contributed by atoms with Crippen molar-refractivity contribution in [1.82, 2.24) is 41.8 Å². The first kappa shape index (κ1) is 49.0. The third-order valence-corrected chi connectivity index (χ3v) is 12.9. The highest BCUT2D eigenvalue weighted by molar-refractivity contribution is 5.98. The van der Waals surface area contributed by atoms with E-state index in [1.54, 1.807) is 6.20 Å². The van der Waals surface area contributed by atoms with Gasteiger partial charge in [-0.05, 0) is 74.5 Å². The second kappa shape index (κ2) is 24.2. The summed E-state index contributed by atoms with van der Waals surface area (Å²) >= 11 is 0. The number of benzene rings is 2. The SMILES string of the molecule is CC(=O)N[C@@H](Cc1ccccc1)C(=O)N[C@H]1CCCCNC(=O)[C@@H](CCCN=C(N)N)NC(=O)[C@H](Cc2c[nH]c3ccccc23)NC(=O)[C@@H](CC2CCCCC2)NC(=O)[C@@H]2CCCN2C1=O. The maximum Gasteiger partial charge on any atom is 0.245 e. The molecule has 0 radical (unpaired) electrons. The van der Waals surface area contributed by atoms with E-state index in [1.807, 2.05) is 54.6 Å². The molecule has 2 aliphatic heterocycles. The van der Waals surface area contributed by atoms with Crippen LogP contribution in [0.5, 0.6) is 0 Å². The Morgan fingerprint density at radius 3 is 2.24 bits per heavy atom. The predicted octanol–water partition coefficient (Wildman–Crippen LogP) is 1.71. The number of carbonyl (C=O) groups excluding carboxylic acids is 7. The number of hydrogen-bond donors (Lipinski definition) is 9. The molecule has 0 bridgehead atoms. The molecule has 356 valence electrons. The first-order valence-corrected chi connectivity index (χ1v) is 23.6. The number of H-pyrrole nitrogens is 1. The average molecular weight is 910 g/mol. The van der Waals surface area contributed by atoms with Gasteiger partial charge in [-0.15, -0.1) is 0 Å². The fourth-order valence-electron chi connectivity index (χ4n) is 9.45. The summed E-state index contributed by atoms with van der Waals surface area (Å²) in [6.45, 7) is 1.98. The van der Waals surface area contributed by atoms with Gasteiger partial charge in [-0.3, -0.25) is 38.6 Å². The molecule has 1 saturated carbocycles. The number of para-hydroxylation sites is 1. The molecule has 6 atom stereocenters. The van der Waals surface area contributed by atoms with Crippen LogP contribution in [-0.4, -0.2) is 113 Å². The maximum absolute atomic E-state index is 14.7. The van der Waals surface area contributed by atoms with Crippen LogP contribution in [0.15, 0.2) is 65.8 Å². The van der Waals surface area contributed by atoms with E-state index in [-0.39, 0.29) is 57.2 Å². The van der Waals surface area contributed by atoms with Crippen molar-refractivity contribution < 1.29 is 33.6 Å². The topological polar surface area (TPSA) is 275 Å². The Balaban J connectivity index is 1.31. The Kier molecular flexibility index (Phi) is 17.9. The van der Waals surface area contributed by atoms with Gasteiger partial charge in [0.2, 0.25) is 41.4 Å². The minimum Gasteiger partial charge on any atom is -0.370 e. The second-order valence-electron chi connectivity index (χ2n) is 17.9. The zero-order valence-corrected chi connectivity index (χ0v) is 37.9. The van der Waals surface area contributed by atoms with E-state index in [4.69, 9.17) is 11.5 Å². The van der Waals surface area contributed by atoms with E-state index in [0.717, 1.165) is 54.1 Å². The van der Waals surface area contributed by atoms with Gasteiger partial charge in [0.15, 0.2) is 5.96 Å². The van der Waals surface area contributed by atoms with Crippen LogP contribution < -0.4 is 43.4 Å². The van der Waals surface area contributed by atoms with Gasteiger partial charge in [-0.25, -0.2) is 0 Å². The summed E-state index contributed by atoms with van der Waals surface area (Å²) in [5.41, 5.74) is 13.6. The van der Waals surface area contributed by atoms with Crippen molar-refractivity contribution in [3.8, 4) is 0 Å². The molecule has 2 aromatic carbocycles. The zero-order chi connectivity index (χ0) is 47.0. The number of hydrogen-bond acceptors (Lipinski definition) is 8. The molecule has 1 aliphatic carbocycles. The Morgan fingerprint density at radius 2 is 1.48 bits per heavy atom. The fourth-order valence-corrected chi connectivity index (χ4v) is 9.45. The molecular weight excluding hydrogens is 843 g/mol. The minimum atomic E-state index is -1.14. The van der Waals surface area contributed by atoms with Gasteiger partial charge in [0.25, 0.3) is 0 Å². The highest BCUT2D eigenvalue weighted by Gasteiger charge is 2.40. The summed E-state index contributed by atoms with van der Waals surface area (Å²) in [6.07, 6.45) is 9.63. The van der Waals surface area contributed by atoms with Gasteiger partial charge in [0, 0.05) is 56.5 Å². The van der Waals surface area contributed by atoms with Crippen molar-refractivity contribution in [2.24, 2.45) is 22.4 Å². The van der Waals surface area contributed by atoms with E-state index in [9.17, 15) is 33.6 Å². The number of aromatic amines is 1. The number of nitrogens with zero attached hydrogens (tertiary/aromatic N) is 2. The van der Waals surface area contributed by atoms with Gasteiger partial charge in [-0.1, -0.05) is 80.6 Å². The molecule has 3 heterocycles. The molecule has 18 heteroatoms. The number of aromatic nitrogens is 1. The molecule has 2 saturated heterocycles. The number of aliphatic imine (C=N–C) groups is 1. The lowest BCUT2D eigenvalue weighted by Gasteiger charge is -2.32. The van der Waals surface area contributed by atoms with Crippen LogP contribution in [0.2, 0.25) is 0 Å². The van der Waals surface area contributed by atoms with E-state index in [0.29, 0.717) is 38.5 Å². The number of fused-ring (bicyclic) bond motifs is 2. The van der Waals surface area contributed by atoms with Crippen molar-refractivity contribution in [1.29, 1.82) is 0 Å². The predicted molar refractivity (Wildman–Crippen MR) is 250 cm³/mol. The summed E-state index contributed by atoms with van der Waals surface area (Å²) in [5.74, 6) is -3.45. The third kappa shape index (κ3) is 14.0. The largest absolute Gasteiger partial charge is 0.370 e. The monoisotopic (exact) mass is 910 g/mol. The standard InChI is InChI=1S/C48H67N11O7/c1-30(60)54-38(26-31-14-4-2-5-15-31)43(62)56-37-20-10-11-23-51-42(61)36(21-12-24-52-48(49)50)55-45(64)40(28-33-29-53-35-19-9-8-18-34(33)35)57-44(63)39(27-32-16-6-3-7-17-32)58-46(65)41-22-13-25-59(41)47(37)66/h2,4-5,8-9,14-15,18-19,29,32,36-41,53H,3,6-7,10-13,16-17,20-28H2,1H3,(H,51,61)(H,54,60)(H,55,64)(H,56,62)(H,57,63)(H,58,65)(H4,49,50,52)/t36-,37+,38+,39-,40+,41+/m1/s1. The normalized spacial score (nSPS) is 23.4. The maximum atomic E-state index is 14.7. The minimum absolute atomic E-state index is 0.0835. The highest BCUT2D eigenvalue weighted by atomic mass is 16.2. The molecule has 6 rings (SSSR count). The number of guanidine groups is 1. The number of carbonyl (C=O) groups is 7. The highest BCUT2D eigenvalue weighted by Crippen LogP contribution is 2.28. The lowest BCUT2D eigenvalue weighted by atomic mass is 9.84. The Morgan fingerprint density at radius 1 is 0.788 bits per heavy atom. The first-order valence-electron chi connectivity index (χ1n) is 23.6. The molecule has 3 aromatic rings. The van der Waals surface area contributed by atoms with E-state index in [1.165, 1.54) is 11.8 Å². The summed E-state index contributed by atoms with van der Waals surface area (Å²) in [5, 5.41) is 18.3. The summed E-state index contributed by atoms with van der Waals surface area (Å²) in [7, 11) is 0. The van der Waals surface area contributed by atoms with Crippen molar-refractivity contribution in [2.45, 2.75) is 139 Å². The summed E-state index contributed by atoms with van der Waals surface area (Å²) < 4.78 is 0. The van der Waals surface area contributed by atoms with Crippen LogP contribution in [0.3, 0.4) is 0 Å². The molecule has 1 aromatic heterocycles. The smallest absolute Gasteiger partial charge is 0.245 e. The average Bonchev–Trinajstić information content (AvgIpc) is 3.97. The fraction of sp³-hybridized carbons (Fsp3) is 0.542. The molecule has 7 amide bonds. The van der Waals surface area contributed by atoms with Crippen molar-refractivity contribution in [3.05, 3.63) is 71.9 Å². The lowest BCUT2D eigenvalue weighted by Crippen LogP contribution is -2.60. The van der Waals surface area contributed by atoms with Crippen molar-refractivity contribution in [2.75, 3.05) is 19.6 Å². The Hall–Kier alpha value is -6.46. The number of amides is 7. The molecule has 18 nitrogen and oxygen atoms in total. The molecule has 3 aliphatic rings. The molecule has 0 spiro atoms. The summed E-state index contributed by atoms with van der Waals surface area (Å²) in [6, 6.07) is 10.7. The zero-order valence-electron chi connectivity index (χ0n) is 37.9. The van der Waals surface area contributed by atoms with Crippen LogP contribution in [0.4, 0.5) is 0 Å². The number of nitrogens with two attached hydrogens (primary N) is 2. The first-order chi connectivity index (χ1) is 31.9. The van der Waals surface area contributed by atoms with Gasteiger partial charge in [0.05, 0.1) is 0 Å². The van der Waals surface area contributed by atoms with Crippen LogP contribution in [-0.2, 0) is 46.4 Å². The molecule has 0 unspecified atom stereocenters. The van der Waals surface area contributed by atoms with Crippen LogP contribution in [0.25, 0.3) is 10.9 Å². The van der Waals surface area contributed by atoms with Gasteiger partial charge < -0.3 is 53.3 Å². The van der Waals surface area contributed by atoms with E-state index >= 15 is 0 Å². The van der Waals surface area contributed by atoms with Crippen molar-refractivity contribution >= 4 is 58.2 Å².